The zero-order valence-electron chi connectivity index (χ0n) is 28.7. The number of ether oxygens (including phenoxy) is 2. The quantitative estimate of drug-likeness (QED) is 0.224. The van der Waals surface area contributed by atoms with E-state index in [9.17, 15) is 26.7 Å². The monoisotopic (exact) mass is 729 g/mol. The van der Waals surface area contributed by atoms with E-state index in [2.05, 4.69) is 15.2 Å². The molecule has 2 aliphatic rings. The molecule has 2 N–H and O–H groups in total. The van der Waals surface area contributed by atoms with E-state index in [1.807, 2.05) is 62.4 Å². The summed E-state index contributed by atoms with van der Waals surface area (Å²) in [6.45, 7) is 7.48. The van der Waals surface area contributed by atoms with E-state index in [0.29, 0.717) is 44.2 Å². The molecule has 0 bridgehead atoms. The molecule has 0 radical (unpaired) electrons. The molecule has 5 rings (SSSR count). The van der Waals surface area contributed by atoms with Gasteiger partial charge in [-0.3, -0.25) is 14.7 Å². The van der Waals surface area contributed by atoms with Crippen LogP contribution in [0.2, 0.25) is 0 Å². The second-order valence-electron chi connectivity index (χ2n) is 13.2. The Balaban J connectivity index is 1.25. The minimum atomic E-state index is -4.16. The van der Waals surface area contributed by atoms with E-state index in [1.54, 1.807) is 12.3 Å². The van der Waals surface area contributed by atoms with Gasteiger partial charge in [0, 0.05) is 58.1 Å². The van der Waals surface area contributed by atoms with Gasteiger partial charge in [-0.25, -0.2) is 16.8 Å². The van der Waals surface area contributed by atoms with Crippen molar-refractivity contribution < 1.29 is 36.2 Å². The Morgan fingerprint density at radius 3 is 2.32 bits per heavy atom. The largest absolute Gasteiger partial charge is 0.454 e. The molecular formula is C35H47N5O8S2. The molecule has 50 heavy (non-hydrogen) atoms. The lowest BCUT2D eigenvalue weighted by atomic mass is 10.00. The Morgan fingerprint density at radius 2 is 1.64 bits per heavy atom. The molecule has 1 aromatic heterocycles. The molecule has 1 fully saturated rings. The summed E-state index contributed by atoms with van der Waals surface area (Å²) in [4.78, 5) is 19.7. The molecule has 2 aliphatic heterocycles. The number of aliphatic hydroxyl groups excluding tert-OH is 1. The van der Waals surface area contributed by atoms with Crippen LogP contribution in [0.3, 0.4) is 0 Å². The van der Waals surface area contributed by atoms with Crippen molar-refractivity contribution in [1.82, 2.24) is 23.8 Å². The zero-order chi connectivity index (χ0) is 35.9. The molecule has 15 heteroatoms. The number of amides is 1. The Morgan fingerprint density at radius 1 is 0.940 bits per heavy atom. The highest BCUT2D eigenvalue weighted by atomic mass is 32.2. The number of nitrogens with one attached hydrogen (secondary N) is 1. The number of benzene rings is 2. The van der Waals surface area contributed by atoms with E-state index < -0.39 is 44.0 Å². The van der Waals surface area contributed by atoms with Gasteiger partial charge >= 0.3 is 0 Å². The molecule has 1 amide bonds. The maximum atomic E-state index is 14.2. The summed E-state index contributed by atoms with van der Waals surface area (Å²) in [6, 6.07) is 18.4. The molecule has 0 aliphatic carbocycles. The van der Waals surface area contributed by atoms with Crippen LogP contribution in [-0.4, -0.2) is 110 Å². The number of carbonyl (C=O) groups is 1. The van der Waals surface area contributed by atoms with Crippen LogP contribution in [-0.2, 0) is 37.8 Å². The van der Waals surface area contributed by atoms with Gasteiger partial charge in [-0.15, -0.1) is 0 Å². The Hall–Kier alpha value is -3.60. The van der Waals surface area contributed by atoms with E-state index >= 15 is 0 Å². The maximum absolute atomic E-state index is 14.2. The van der Waals surface area contributed by atoms with Gasteiger partial charge in [0.05, 0.1) is 34.4 Å². The van der Waals surface area contributed by atoms with Crippen LogP contribution in [0.4, 0.5) is 0 Å². The fraction of sp³-hybridized carbons (Fsp3) is 0.486. The van der Waals surface area contributed by atoms with Crippen molar-refractivity contribution in [2.75, 3.05) is 51.8 Å². The van der Waals surface area contributed by atoms with Crippen LogP contribution >= 0.6 is 0 Å². The number of pyridine rings is 1. The van der Waals surface area contributed by atoms with Crippen LogP contribution in [0.15, 0.2) is 77.8 Å². The van der Waals surface area contributed by atoms with Crippen molar-refractivity contribution in [3.63, 3.8) is 0 Å². The molecule has 3 atom stereocenters. The summed E-state index contributed by atoms with van der Waals surface area (Å²) in [6.07, 6.45) is 0.581. The van der Waals surface area contributed by atoms with Crippen molar-refractivity contribution in [2.45, 2.75) is 50.8 Å². The lowest BCUT2D eigenvalue weighted by Gasteiger charge is -2.35. The normalized spacial score (nSPS) is 17.5. The zero-order valence-corrected chi connectivity index (χ0v) is 30.4. The van der Waals surface area contributed by atoms with Crippen LogP contribution < -0.4 is 14.8 Å². The Bertz CT molecular complexity index is 1790. The lowest BCUT2D eigenvalue weighted by Crippen LogP contribution is -2.53. The Labute approximate surface area is 295 Å². The van der Waals surface area contributed by atoms with Gasteiger partial charge in [-0.1, -0.05) is 57.2 Å². The first-order chi connectivity index (χ1) is 23.8. The summed E-state index contributed by atoms with van der Waals surface area (Å²) in [5.74, 6) is -1.17. The lowest BCUT2D eigenvalue weighted by molar-refractivity contribution is -0.124. The number of piperazine rings is 1. The van der Waals surface area contributed by atoms with Crippen molar-refractivity contribution in [3.8, 4) is 11.5 Å². The number of carbonyl (C=O) groups excluding carboxylic acids is 1. The van der Waals surface area contributed by atoms with Gasteiger partial charge < -0.3 is 19.9 Å². The number of nitrogens with zero attached hydrogens (tertiary/aromatic N) is 4. The third-order valence-electron chi connectivity index (χ3n) is 8.83. The van der Waals surface area contributed by atoms with Gasteiger partial charge in [0.25, 0.3) is 0 Å². The molecule has 3 heterocycles. The van der Waals surface area contributed by atoms with Gasteiger partial charge in [0.2, 0.25) is 32.7 Å². The SMILES string of the molecule is CC(C)CN(C(Cc1ccccc1)[C@H](O)CNC(=O)[C@@H](C)CS(=O)(=O)N1CCN(Cc2ccccn2)CC1)S(=O)(=O)c1ccc2c(c1)OCO2. The first-order valence-corrected chi connectivity index (χ1v) is 19.9. The van der Waals surface area contributed by atoms with Gasteiger partial charge in [0.1, 0.15) is 0 Å². The standard InChI is InChI=1S/C35H47N5O8S2/c1-26(2)22-40(50(45,46)30-12-13-33-34(20-30)48-25-47-33)31(19-28-9-5-4-6-10-28)32(41)21-37-35(42)27(3)24-49(43,44)39-17-15-38(16-18-39)23-29-11-7-8-14-36-29/h4-14,20,26-27,31-32,41H,15-19,21-25H2,1-3H3,(H,37,42)/t27-,31?,32+/m0/s1. The first kappa shape index (κ1) is 37.7. The van der Waals surface area contributed by atoms with Crippen molar-refractivity contribution in [3.05, 3.63) is 84.2 Å². The summed E-state index contributed by atoms with van der Waals surface area (Å²) >= 11 is 0. The highest BCUT2D eigenvalue weighted by Gasteiger charge is 2.38. The predicted molar refractivity (Wildman–Crippen MR) is 188 cm³/mol. The average molecular weight is 730 g/mol. The number of aromatic nitrogens is 1. The molecule has 3 aromatic rings. The van der Waals surface area contributed by atoms with Gasteiger partial charge in [-0.05, 0) is 42.2 Å². The topological polar surface area (TPSA) is 159 Å². The van der Waals surface area contributed by atoms with Crippen molar-refractivity contribution >= 4 is 26.0 Å². The molecule has 1 unspecified atom stereocenters. The minimum Gasteiger partial charge on any atom is -0.454 e. The number of hydrogen-bond acceptors (Lipinski definition) is 10. The van der Waals surface area contributed by atoms with Gasteiger partial charge in [0.15, 0.2) is 11.5 Å². The average Bonchev–Trinajstić information content (AvgIpc) is 3.58. The fourth-order valence-electron chi connectivity index (χ4n) is 6.13. The van der Waals surface area contributed by atoms with Gasteiger partial charge in [-0.2, -0.15) is 8.61 Å². The molecule has 2 aromatic carbocycles. The van der Waals surface area contributed by atoms with Crippen molar-refractivity contribution in [1.29, 1.82) is 0 Å². The molecule has 13 nitrogen and oxygen atoms in total. The number of sulfonamides is 2. The van der Waals surface area contributed by atoms with Crippen LogP contribution in [0.5, 0.6) is 11.5 Å². The molecule has 0 spiro atoms. The molecular weight excluding hydrogens is 683 g/mol. The number of hydrogen-bond donors (Lipinski definition) is 2. The second-order valence-corrected chi connectivity index (χ2v) is 17.1. The van der Waals surface area contributed by atoms with E-state index in [-0.39, 0.29) is 42.9 Å². The second kappa shape index (κ2) is 16.6. The summed E-state index contributed by atoms with van der Waals surface area (Å²) in [7, 11) is -7.90. The molecule has 1 saturated heterocycles. The Kier molecular flexibility index (Phi) is 12.5. The van der Waals surface area contributed by atoms with E-state index in [0.717, 1.165) is 11.3 Å². The highest BCUT2D eigenvalue weighted by molar-refractivity contribution is 7.89. The van der Waals surface area contributed by atoms with Crippen LogP contribution in [0.25, 0.3) is 0 Å². The fourth-order valence-corrected chi connectivity index (χ4v) is 9.68. The van der Waals surface area contributed by atoms with E-state index in [4.69, 9.17) is 9.47 Å². The summed E-state index contributed by atoms with van der Waals surface area (Å²) < 4.78 is 68.5. The first-order valence-electron chi connectivity index (χ1n) is 16.8. The number of aliphatic hydroxyl groups is 1. The third-order valence-corrected chi connectivity index (χ3v) is 12.8. The smallest absolute Gasteiger partial charge is 0.243 e. The van der Waals surface area contributed by atoms with Crippen LogP contribution in [0.1, 0.15) is 32.0 Å². The van der Waals surface area contributed by atoms with Crippen molar-refractivity contribution in [2.24, 2.45) is 11.8 Å². The van der Waals surface area contributed by atoms with Crippen LogP contribution in [0, 0.1) is 11.8 Å². The summed E-state index contributed by atoms with van der Waals surface area (Å²) in [5.41, 5.74) is 1.72. The summed E-state index contributed by atoms with van der Waals surface area (Å²) in [5, 5.41) is 14.3. The predicted octanol–water partition coefficient (Wildman–Crippen LogP) is 2.33. The number of rotatable bonds is 16. The highest BCUT2D eigenvalue weighted by Crippen LogP contribution is 2.35. The number of fused-ring (bicyclic) bond motifs is 1. The maximum Gasteiger partial charge on any atom is 0.243 e. The third kappa shape index (κ3) is 9.59. The minimum absolute atomic E-state index is 0.00640. The van der Waals surface area contributed by atoms with E-state index in [1.165, 1.54) is 27.7 Å². The molecule has 272 valence electrons. The molecule has 0 saturated carbocycles.